The average molecular weight is 208 g/mol. The molecule has 2 aliphatic carbocycles. The lowest BCUT2D eigenvalue weighted by Gasteiger charge is -2.11. The Hall–Kier alpha value is -0.330. The van der Waals surface area contributed by atoms with Crippen LogP contribution in [0.5, 0.6) is 0 Å². The summed E-state index contributed by atoms with van der Waals surface area (Å²) in [5, 5.41) is 0. The predicted molar refractivity (Wildman–Crippen MR) is 62.7 cm³/mol. The number of rotatable bonds is 0. The summed E-state index contributed by atoms with van der Waals surface area (Å²) in [7, 11) is 0. The van der Waals surface area contributed by atoms with Crippen LogP contribution >= 0.6 is 0 Å². The standard InChI is InChI=1S/C14H24O/c1-11-7-5-3-2-4-6-8-12-10-13(12)14(15)9-11/h11-13H,2-10H2,1H3/t11-,12-,13+/m1/s1. The largest absolute Gasteiger partial charge is 0.299 e. The van der Waals surface area contributed by atoms with Crippen LogP contribution in [0.4, 0.5) is 0 Å². The van der Waals surface area contributed by atoms with E-state index in [4.69, 9.17) is 0 Å². The zero-order chi connectivity index (χ0) is 10.7. The highest BCUT2D eigenvalue weighted by molar-refractivity contribution is 5.83. The Balaban J connectivity index is 1.83. The third-order valence-electron chi connectivity index (χ3n) is 4.16. The van der Waals surface area contributed by atoms with Gasteiger partial charge in [0.05, 0.1) is 0 Å². The van der Waals surface area contributed by atoms with Crippen LogP contribution < -0.4 is 0 Å². The molecule has 0 heterocycles. The van der Waals surface area contributed by atoms with Crippen LogP contribution in [0, 0.1) is 17.8 Å². The molecule has 0 amide bonds. The zero-order valence-electron chi connectivity index (χ0n) is 10.0. The van der Waals surface area contributed by atoms with Gasteiger partial charge in [-0.05, 0) is 24.7 Å². The van der Waals surface area contributed by atoms with Gasteiger partial charge in [-0.2, -0.15) is 0 Å². The van der Waals surface area contributed by atoms with Crippen LogP contribution in [0.1, 0.15) is 64.7 Å². The topological polar surface area (TPSA) is 17.1 Å². The maximum absolute atomic E-state index is 11.9. The van der Waals surface area contributed by atoms with Gasteiger partial charge in [0.15, 0.2) is 0 Å². The summed E-state index contributed by atoms with van der Waals surface area (Å²) < 4.78 is 0. The van der Waals surface area contributed by atoms with Gasteiger partial charge in [0, 0.05) is 12.3 Å². The molecule has 0 saturated heterocycles. The number of hydrogen-bond acceptors (Lipinski definition) is 1. The van der Waals surface area contributed by atoms with Gasteiger partial charge in [0.2, 0.25) is 0 Å². The Morgan fingerprint density at radius 1 is 1.00 bits per heavy atom. The Labute approximate surface area is 93.6 Å². The molecule has 0 aromatic rings. The highest BCUT2D eigenvalue weighted by Gasteiger charge is 2.41. The molecule has 1 heteroatoms. The average Bonchev–Trinajstić information content (AvgIpc) is 2.94. The Morgan fingerprint density at radius 3 is 2.47 bits per heavy atom. The molecule has 0 aromatic carbocycles. The van der Waals surface area contributed by atoms with Crippen molar-refractivity contribution >= 4 is 5.78 Å². The molecule has 3 atom stereocenters. The number of ketones is 1. The van der Waals surface area contributed by atoms with E-state index >= 15 is 0 Å². The van der Waals surface area contributed by atoms with Gasteiger partial charge in [-0.3, -0.25) is 4.79 Å². The lowest BCUT2D eigenvalue weighted by molar-refractivity contribution is -0.121. The van der Waals surface area contributed by atoms with E-state index in [9.17, 15) is 4.79 Å². The molecule has 2 aliphatic rings. The first-order valence-electron chi connectivity index (χ1n) is 6.80. The minimum absolute atomic E-state index is 0.479. The Bertz CT molecular complexity index is 221. The van der Waals surface area contributed by atoms with Gasteiger partial charge < -0.3 is 0 Å². The first-order chi connectivity index (χ1) is 7.27. The normalized spacial score (nSPS) is 38.7. The van der Waals surface area contributed by atoms with Crippen molar-refractivity contribution in [2.24, 2.45) is 17.8 Å². The molecule has 2 fully saturated rings. The summed E-state index contributed by atoms with van der Waals surface area (Å²) in [4.78, 5) is 11.9. The lowest BCUT2D eigenvalue weighted by Crippen LogP contribution is -2.09. The molecule has 0 spiro atoms. The molecule has 1 nitrogen and oxygen atoms in total. The molecule has 2 saturated carbocycles. The summed E-state index contributed by atoms with van der Waals surface area (Å²) in [5.74, 6) is 2.47. The van der Waals surface area contributed by atoms with E-state index in [-0.39, 0.29) is 0 Å². The number of fused-ring (bicyclic) bond motifs is 1. The van der Waals surface area contributed by atoms with E-state index < -0.39 is 0 Å². The van der Waals surface area contributed by atoms with E-state index in [1.165, 1.54) is 51.4 Å². The van der Waals surface area contributed by atoms with Crippen molar-refractivity contribution < 1.29 is 4.79 Å². The van der Waals surface area contributed by atoms with Crippen LogP contribution in [0.15, 0.2) is 0 Å². The van der Waals surface area contributed by atoms with Crippen molar-refractivity contribution in [3.8, 4) is 0 Å². The van der Waals surface area contributed by atoms with E-state index in [1.807, 2.05) is 0 Å². The molecular formula is C14H24O. The van der Waals surface area contributed by atoms with Crippen LogP contribution in [0.3, 0.4) is 0 Å². The van der Waals surface area contributed by atoms with Crippen molar-refractivity contribution in [2.45, 2.75) is 64.7 Å². The van der Waals surface area contributed by atoms with Crippen LogP contribution in [-0.4, -0.2) is 5.78 Å². The Morgan fingerprint density at radius 2 is 1.67 bits per heavy atom. The third-order valence-corrected chi connectivity index (χ3v) is 4.16. The molecule has 0 bridgehead atoms. The SMILES string of the molecule is C[C@@H]1CCCCCCC[C@@H]2C[C@@H]2C(=O)C1. The fourth-order valence-electron chi connectivity index (χ4n) is 2.99. The predicted octanol–water partition coefficient (Wildman–Crippen LogP) is 3.96. The van der Waals surface area contributed by atoms with E-state index in [0.717, 1.165) is 12.3 Å². The van der Waals surface area contributed by atoms with Gasteiger partial charge in [-0.1, -0.05) is 45.4 Å². The quantitative estimate of drug-likeness (QED) is 0.589. The van der Waals surface area contributed by atoms with Crippen LogP contribution in [-0.2, 0) is 4.79 Å². The van der Waals surface area contributed by atoms with Gasteiger partial charge >= 0.3 is 0 Å². The maximum Gasteiger partial charge on any atom is 0.136 e. The highest BCUT2D eigenvalue weighted by Crippen LogP contribution is 2.44. The fraction of sp³-hybridized carbons (Fsp3) is 0.929. The zero-order valence-corrected chi connectivity index (χ0v) is 10.0. The number of Topliss-reactive ketones (excluding diaryl/α,β-unsaturated/α-hetero) is 1. The second-order valence-corrected chi connectivity index (χ2v) is 5.72. The van der Waals surface area contributed by atoms with Crippen LogP contribution in [0.2, 0.25) is 0 Å². The summed E-state index contributed by atoms with van der Waals surface area (Å²) in [5.41, 5.74) is 0. The third kappa shape index (κ3) is 3.32. The minimum Gasteiger partial charge on any atom is -0.299 e. The molecule has 2 rings (SSSR count). The van der Waals surface area contributed by atoms with Crippen molar-refractivity contribution in [3.05, 3.63) is 0 Å². The molecular weight excluding hydrogens is 184 g/mol. The van der Waals surface area contributed by atoms with Gasteiger partial charge in [-0.15, -0.1) is 0 Å². The number of hydrogen-bond donors (Lipinski definition) is 0. The second-order valence-electron chi connectivity index (χ2n) is 5.72. The van der Waals surface area contributed by atoms with Crippen molar-refractivity contribution in [2.75, 3.05) is 0 Å². The molecule has 0 aliphatic heterocycles. The van der Waals surface area contributed by atoms with E-state index in [2.05, 4.69) is 6.92 Å². The molecule has 0 unspecified atom stereocenters. The maximum atomic E-state index is 11.9. The fourth-order valence-corrected chi connectivity index (χ4v) is 2.99. The Kier molecular flexibility index (Phi) is 3.82. The molecule has 86 valence electrons. The summed E-state index contributed by atoms with van der Waals surface area (Å²) in [6.07, 6.45) is 11.6. The van der Waals surface area contributed by atoms with Crippen molar-refractivity contribution in [3.63, 3.8) is 0 Å². The number of carbonyl (C=O) groups excluding carboxylic acids is 1. The summed E-state index contributed by atoms with van der Waals surface area (Å²) in [6, 6.07) is 0. The monoisotopic (exact) mass is 208 g/mol. The molecule has 0 N–H and O–H groups in total. The molecule has 0 radical (unpaired) electrons. The number of carbonyl (C=O) groups is 1. The second kappa shape index (κ2) is 5.14. The van der Waals surface area contributed by atoms with Crippen molar-refractivity contribution in [1.82, 2.24) is 0 Å². The summed E-state index contributed by atoms with van der Waals surface area (Å²) in [6.45, 7) is 2.25. The van der Waals surface area contributed by atoms with E-state index in [0.29, 0.717) is 17.6 Å². The molecule has 0 aromatic heterocycles. The smallest absolute Gasteiger partial charge is 0.136 e. The first kappa shape index (κ1) is 11.2. The molecule has 15 heavy (non-hydrogen) atoms. The van der Waals surface area contributed by atoms with Gasteiger partial charge in [-0.25, -0.2) is 0 Å². The first-order valence-corrected chi connectivity index (χ1v) is 6.80. The lowest BCUT2D eigenvalue weighted by atomic mass is 9.93. The highest BCUT2D eigenvalue weighted by atomic mass is 16.1. The van der Waals surface area contributed by atoms with Gasteiger partial charge in [0.25, 0.3) is 0 Å². The van der Waals surface area contributed by atoms with E-state index in [1.54, 1.807) is 0 Å². The summed E-state index contributed by atoms with van der Waals surface area (Å²) >= 11 is 0. The van der Waals surface area contributed by atoms with Crippen molar-refractivity contribution in [1.29, 1.82) is 0 Å². The van der Waals surface area contributed by atoms with Crippen LogP contribution in [0.25, 0.3) is 0 Å². The minimum atomic E-state index is 0.479. The van der Waals surface area contributed by atoms with Gasteiger partial charge in [0.1, 0.15) is 5.78 Å².